The molecule has 0 nitrogen and oxygen atoms in total. The van der Waals surface area contributed by atoms with Crippen LogP contribution in [-0.2, 0) is 0 Å². The Hall–Kier alpha value is -0.170. The third kappa shape index (κ3) is 7.16. The van der Waals surface area contributed by atoms with Crippen LogP contribution < -0.4 is 0 Å². The Bertz CT molecular complexity index is 563. The van der Waals surface area contributed by atoms with Crippen molar-refractivity contribution in [3.05, 3.63) is 23.6 Å². The summed E-state index contributed by atoms with van der Waals surface area (Å²) in [6, 6.07) is 0. The highest BCUT2D eigenvalue weighted by Gasteiger charge is 2.44. The first-order chi connectivity index (χ1) is 15.4. The van der Waals surface area contributed by atoms with Crippen LogP contribution in [0.2, 0.25) is 0 Å². The molecule has 0 heterocycles. The molecule has 0 N–H and O–H groups in total. The summed E-state index contributed by atoms with van der Waals surface area (Å²) >= 11 is 1.86. The summed E-state index contributed by atoms with van der Waals surface area (Å²) < 4.78 is 0. The normalized spacial score (nSPS) is 39.3. The average Bonchev–Trinajstić information content (AvgIpc) is 2.89. The lowest BCUT2D eigenvalue weighted by Gasteiger charge is -2.48. The molecule has 0 radical (unpaired) electrons. The molecule has 0 aromatic rings. The van der Waals surface area contributed by atoms with Crippen LogP contribution in [-0.4, -0.2) is 6.26 Å². The van der Waals surface area contributed by atoms with Crippen LogP contribution in [0.25, 0.3) is 0 Å². The average molecular weight is 461 g/mol. The van der Waals surface area contributed by atoms with E-state index in [-0.39, 0.29) is 0 Å². The van der Waals surface area contributed by atoms with E-state index in [4.69, 9.17) is 0 Å². The van der Waals surface area contributed by atoms with Gasteiger partial charge in [-0.25, -0.2) is 0 Å². The van der Waals surface area contributed by atoms with Crippen LogP contribution in [0.15, 0.2) is 23.6 Å². The van der Waals surface area contributed by atoms with E-state index < -0.39 is 0 Å². The Morgan fingerprint density at radius 2 is 1.69 bits per heavy atom. The molecule has 0 amide bonds. The number of thioether (sulfide) groups is 1. The summed E-state index contributed by atoms with van der Waals surface area (Å²) in [7, 11) is 0. The lowest BCUT2D eigenvalue weighted by atomic mass is 9.57. The first-order valence-electron chi connectivity index (χ1n) is 14.3. The van der Waals surface area contributed by atoms with Crippen molar-refractivity contribution in [2.75, 3.05) is 6.26 Å². The third-order valence-electron chi connectivity index (χ3n) is 9.70. The number of allylic oxidation sites excluding steroid dienone is 3. The van der Waals surface area contributed by atoms with Crippen LogP contribution in [0, 0.1) is 59.2 Å². The molecule has 0 aromatic heterocycles. The van der Waals surface area contributed by atoms with Crippen molar-refractivity contribution in [2.24, 2.45) is 59.2 Å². The quantitative estimate of drug-likeness (QED) is 0.276. The smallest absolute Gasteiger partial charge is 0.0136 e. The molecule has 0 aliphatic heterocycles. The molecule has 0 bridgehead atoms. The summed E-state index contributed by atoms with van der Waals surface area (Å²) in [5.41, 5.74) is 0. The first kappa shape index (κ1) is 28.1. The minimum absolute atomic E-state index is 0.658. The van der Waals surface area contributed by atoms with Gasteiger partial charge in [0.1, 0.15) is 0 Å². The number of unbranched alkanes of at least 4 members (excludes halogenated alkanes) is 1. The van der Waals surface area contributed by atoms with Crippen molar-refractivity contribution in [3.8, 4) is 0 Å². The number of hydrogen-bond acceptors (Lipinski definition) is 1. The second kappa shape index (κ2) is 14.3. The number of rotatable bonds is 11. The molecule has 0 spiro atoms. The standard InChI is InChI=1S/C31H56S/c1-9-12-14-28-24(6)27(19-20-32-8)23(5)15-17-30(28)29-18-16-26(13-10-2)31(25(29)7)21-22(4)11-3/h15,17,19-20,22-31H,9-14,16,18,21H2,1-8H3. The summed E-state index contributed by atoms with van der Waals surface area (Å²) in [6.45, 7) is 17.4. The van der Waals surface area contributed by atoms with Crippen molar-refractivity contribution in [1.29, 1.82) is 0 Å². The summed E-state index contributed by atoms with van der Waals surface area (Å²) in [5.74, 6) is 8.27. The molecule has 10 atom stereocenters. The fraction of sp³-hybridized carbons (Fsp3) is 0.871. The molecule has 2 rings (SSSR count). The minimum atomic E-state index is 0.658. The van der Waals surface area contributed by atoms with E-state index >= 15 is 0 Å². The van der Waals surface area contributed by atoms with E-state index in [9.17, 15) is 0 Å². The molecule has 0 saturated heterocycles. The Morgan fingerprint density at radius 1 is 0.938 bits per heavy atom. The Morgan fingerprint density at radius 3 is 2.31 bits per heavy atom. The van der Waals surface area contributed by atoms with Gasteiger partial charge in [-0.15, -0.1) is 11.8 Å². The zero-order chi connectivity index (χ0) is 23.7. The third-order valence-corrected chi connectivity index (χ3v) is 10.1. The van der Waals surface area contributed by atoms with Gasteiger partial charge in [0.2, 0.25) is 0 Å². The second-order valence-electron chi connectivity index (χ2n) is 11.7. The summed E-state index contributed by atoms with van der Waals surface area (Å²) in [4.78, 5) is 0. The fourth-order valence-electron chi connectivity index (χ4n) is 7.51. The van der Waals surface area contributed by atoms with Gasteiger partial charge in [0.25, 0.3) is 0 Å². The second-order valence-corrected chi connectivity index (χ2v) is 12.4. The topological polar surface area (TPSA) is 0 Å². The zero-order valence-corrected chi connectivity index (χ0v) is 23.7. The molecule has 2 aliphatic carbocycles. The maximum absolute atomic E-state index is 2.73. The lowest BCUT2D eigenvalue weighted by molar-refractivity contribution is 0.0267. The molecular weight excluding hydrogens is 404 g/mol. The van der Waals surface area contributed by atoms with Crippen LogP contribution in [0.3, 0.4) is 0 Å². The van der Waals surface area contributed by atoms with E-state index in [0.29, 0.717) is 11.8 Å². The summed E-state index contributed by atoms with van der Waals surface area (Å²) in [6.07, 6.45) is 22.8. The molecule has 1 fully saturated rings. The van der Waals surface area contributed by atoms with Gasteiger partial charge in [0.15, 0.2) is 0 Å². The monoisotopic (exact) mass is 460 g/mol. The van der Waals surface area contributed by atoms with Crippen LogP contribution in [0.4, 0.5) is 0 Å². The maximum atomic E-state index is 2.73. The van der Waals surface area contributed by atoms with Crippen molar-refractivity contribution in [3.63, 3.8) is 0 Å². The van der Waals surface area contributed by atoms with Crippen molar-refractivity contribution in [2.45, 2.75) is 106 Å². The summed E-state index contributed by atoms with van der Waals surface area (Å²) in [5, 5.41) is 2.35. The Balaban J connectivity index is 2.33. The van der Waals surface area contributed by atoms with Gasteiger partial charge in [-0.3, -0.25) is 0 Å². The SMILES string of the molecule is CCCCC1C(C)C(C=CSC)C(C)C=CC1C1CCC(CCC)C(CC(C)CC)C1C. The van der Waals surface area contributed by atoms with Crippen molar-refractivity contribution >= 4 is 11.8 Å². The van der Waals surface area contributed by atoms with Gasteiger partial charge in [-0.2, -0.15) is 0 Å². The lowest BCUT2D eigenvalue weighted by Crippen LogP contribution is -2.40. The highest BCUT2D eigenvalue weighted by Crippen LogP contribution is 2.52. The Labute approximate surface area is 206 Å². The van der Waals surface area contributed by atoms with E-state index in [1.54, 1.807) is 0 Å². The predicted octanol–water partition coefficient (Wildman–Crippen LogP) is 10.3. The zero-order valence-electron chi connectivity index (χ0n) is 22.9. The molecule has 10 unspecified atom stereocenters. The van der Waals surface area contributed by atoms with Gasteiger partial charge in [0, 0.05) is 0 Å². The van der Waals surface area contributed by atoms with Crippen LogP contribution in [0.1, 0.15) is 106 Å². The largest absolute Gasteiger partial charge is 0.138 e. The molecule has 1 heteroatoms. The molecular formula is C31H56S. The molecule has 2 aliphatic rings. The first-order valence-corrected chi connectivity index (χ1v) is 15.6. The van der Waals surface area contributed by atoms with E-state index in [1.165, 1.54) is 57.8 Å². The van der Waals surface area contributed by atoms with Crippen molar-refractivity contribution < 1.29 is 0 Å². The van der Waals surface area contributed by atoms with Gasteiger partial charge in [0.05, 0.1) is 0 Å². The maximum Gasteiger partial charge on any atom is -0.0136 e. The van der Waals surface area contributed by atoms with Crippen molar-refractivity contribution in [1.82, 2.24) is 0 Å². The van der Waals surface area contributed by atoms with Crippen LogP contribution in [0.5, 0.6) is 0 Å². The van der Waals surface area contributed by atoms with Gasteiger partial charge in [-0.1, -0.05) is 98.8 Å². The highest BCUT2D eigenvalue weighted by atomic mass is 32.2. The highest BCUT2D eigenvalue weighted by molar-refractivity contribution is 8.01. The number of hydrogen-bond donors (Lipinski definition) is 0. The van der Waals surface area contributed by atoms with E-state index in [1.807, 2.05) is 11.8 Å². The molecule has 32 heavy (non-hydrogen) atoms. The van der Waals surface area contributed by atoms with Gasteiger partial charge >= 0.3 is 0 Å². The molecule has 1 saturated carbocycles. The Kier molecular flexibility index (Phi) is 12.5. The fourth-order valence-corrected chi connectivity index (χ4v) is 7.84. The predicted molar refractivity (Wildman–Crippen MR) is 148 cm³/mol. The minimum Gasteiger partial charge on any atom is -0.138 e. The van der Waals surface area contributed by atoms with Gasteiger partial charge < -0.3 is 0 Å². The van der Waals surface area contributed by atoms with Gasteiger partial charge in [-0.05, 0) is 96.5 Å². The molecule has 186 valence electrons. The van der Waals surface area contributed by atoms with E-state index in [2.05, 4.69) is 78.4 Å². The van der Waals surface area contributed by atoms with Crippen LogP contribution >= 0.6 is 11.8 Å². The van der Waals surface area contributed by atoms with E-state index in [0.717, 1.165) is 47.3 Å². The molecule has 0 aromatic carbocycles.